The number of rotatable bonds is 8. The van der Waals surface area contributed by atoms with Crippen LogP contribution in [-0.2, 0) is 0 Å². The van der Waals surface area contributed by atoms with Crippen molar-refractivity contribution in [1.82, 2.24) is 63.1 Å². The van der Waals surface area contributed by atoms with Crippen molar-refractivity contribution in [3.63, 3.8) is 0 Å². The van der Waals surface area contributed by atoms with Crippen molar-refractivity contribution in [2.75, 3.05) is 0 Å². The summed E-state index contributed by atoms with van der Waals surface area (Å²) in [6.07, 6.45) is 11.6. The Morgan fingerprint density at radius 1 is 0.203 bits per heavy atom. The highest BCUT2D eigenvalue weighted by Crippen LogP contribution is 2.49. The van der Waals surface area contributed by atoms with E-state index in [1.54, 1.807) is 25.0 Å². The van der Waals surface area contributed by atoms with Gasteiger partial charge in [0.15, 0.2) is 11.6 Å². The van der Waals surface area contributed by atoms with E-state index < -0.39 is 0 Å². The van der Waals surface area contributed by atoms with Crippen LogP contribution < -0.4 is 0 Å². The normalized spacial score (nSPS) is 11.8. The Morgan fingerprint density at radius 3 is 1.11 bits per heavy atom. The highest BCUT2D eigenvalue weighted by atomic mass is 32.1. The largest absolute Gasteiger partial charge is 0.456 e. The molecule has 12 heterocycles. The van der Waals surface area contributed by atoms with Crippen LogP contribution in [0.1, 0.15) is 0 Å². The molecule has 0 bridgehead atoms. The van der Waals surface area contributed by atoms with Gasteiger partial charge in [-0.2, -0.15) is 0 Å². The van der Waals surface area contributed by atoms with Gasteiger partial charge in [-0.05, 0) is 186 Å². The molecule has 28 aromatic rings. The van der Waals surface area contributed by atoms with Gasteiger partial charge in [0, 0.05) is 155 Å². The van der Waals surface area contributed by atoms with E-state index in [9.17, 15) is 0 Å². The number of nitrogens with zero attached hydrogens (tertiary/aromatic N) is 13. The molecular formula is C111H67N13OS3. The van der Waals surface area contributed by atoms with Gasteiger partial charge in [0.2, 0.25) is 5.95 Å². The molecule has 0 N–H and O–H groups in total. The summed E-state index contributed by atoms with van der Waals surface area (Å²) in [4.78, 5) is 39.0. The maximum atomic E-state index is 6.10. The first-order chi connectivity index (χ1) is 63.5. The predicted octanol–water partition coefficient (Wildman–Crippen LogP) is 29.4. The maximum absolute atomic E-state index is 6.10. The van der Waals surface area contributed by atoms with Crippen molar-refractivity contribution in [3.8, 4) is 68.2 Å². The molecule has 0 amide bonds. The lowest BCUT2D eigenvalue weighted by atomic mass is 10.00. The van der Waals surface area contributed by atoms with Crippen molar-refractivity contribution in [2.45, 2.75) is 0 Å². The summed E-state index contributed by atoms with van der Waals surface area (Å²) in [7, 11) is 0. The zero-order chi connectivity index (χ0) is 84.3. The van der Waals surface area contributed by atoms with Gasteiger partial charge in [-0.25, -0.2) is 44.9 Å². The van der Waals surface area contributed by atoms with Gasteiger partial charge in [-0.3, -0.25) is 9.13 Å². The van der Waals surface area contributed by atoms with Gasteiger partial charge >= 0.3 is 0 Å². The fourth-order valence-corrected chi connectivity index (χ4v) is 22.4. The van der Waals surface area contributed by atoms with E-state index >= 15 is 0 Å². The molecule has 0 unspecified atom stereocenters. The van der Waals surface area contributed by atoms with E-state index in [0.29, 0.717) is 17.6 Å². The highest BCUT2D eigenvalue weighted by molar-refractivity contribution is 7.27. The summed E-state index contributed by atoms with van der Waals surface area (Å²) in [6.45, 7) is 0. The van der Waals surface area contributed by atoms with Crippen LogP contribution in [0.15, 0.2) is 412 Å². The molecule has 28 rings (SSSR count). The first-order valence-corrected chi connectivity index (χ1v) is 44.7. The predicted molar refractivity (Wildman–Crippen MR) is 531 cm³/mol. The third-order valence-electron chi connectivity index (χ3n) is 24.5. The van der Waals surface area contributed by atoms with E-state index in [0.717, 1.165) is 66.8 Å². The molecule has 0 atom stereocenters. The van der Waals surface area contributed by atoms with Crippen LogP contribution in [0, 0.1) is 0 Å². The maximum Gasteiger partial charge on any atom is 0.234 e. The molecule has 0 fully saturated rings. The number of hydrogen-bond acceptors (Lipinski definition) is 13. The smallest absolute Gasteiger partial charge is 0.234 e. The van der Waals surface area contributed by atoms with Crippen LogP contribution in [0.25, 0.3) is 238 Å². The Morgan fingerprint density at radius 2 is 0.578 bits per heavy atom. The first-order valence-electron chi connectivity index (χ1n) is 42.2. The van der Waals surface area contributed by atoms with Crippen LogP contribution in [0.3, 0.4) is 0 Å². The Kier molecular flexibility index (Phi) is 17.8. The standard InChI is InChI=1S/C33H20N4S.C28H17N3S.C27H16N4S.C23H14N2O/c1-2-6-24(7-3-1)37-27-15-14-23(21-10-12-22(13-11-21)33-35-19-34-20-36-33)18-26(27)31-28(37)16-17-30-32(31)25-8-4-5-9-29(25)38-30;1-2-7-18(8-3-1)19-11-12-22-21(17-19)26-23(31(22)28-29-15-6-16-30-28)13-14-25-27(26)20-9-4-5-10-24(20)32-25;1-2-6-18(7-3-1)31-21-11-10-17(27-29-15-28-16-30-27)14-20(21)25-22(31)12-13-24-26(25)19-8-4-5-9-23(19)32-24;1-3-9-17-15(7-1)22-18(25(17)21-11-5-6-14-24-21)12-13-20-23(22)16-8-2-4-10-19(16)26-20/h1-20H;1-17H;1-16H;1-14H. The fourth-order valence-electron chi connectivity index (χ4n) is 19.0. The minimum absolute atomic E-state index is 0.680. The summed E-state index contributed by atoms with van der Waals surface area (Å²) in [5.41, 5.74) is 20.3. The van der Waals surface area contributed by atoms with Gasteiger partial charge in [0.25, 0.3) is 0 Å². The van der Waals surface area contributed by atoms with Crippen LogP contribution in [0.5, 0.6) is 0 Å². The zero-order valence-corrected chi connectivity index (χ0v) is 70.6. The fraction of sp³-hybridized carbons (Fsp3) is 0. The van der Waals surface area contributed by atoms with Crippen molar-refractivity contribution in [1.29, 1.82) is 0 Å². The number of para-hydroxylation sites is 4. The van der Waals surface area contributed by atoms with Gasteiger partial charge in [0.1, 0.15) is 42.3 Å². The Bertz CT molecular complexity index is 8920. The van der Waals surface area contributed by atoms with Crippen molar-refractivity contribution in [2.24, 2.45) is 0 Å². The molecule has 0 aliphatic rings. The van der Waals surface area contributed by atoms with Gasteiger partial charge in [0.05, 0.1) is 44.1 Å². The molecule has 0 aliphatic heterocycles. The van der Waals surface area contributed by atoms with Crippen molar-refractivity contribution < 1.29 is 4.42 Å². The molecule has 0 saturated carbocycles. The number of benzene rings is 16. The molecular weight excluding hydrogens is 1630 g/mol. The lowest BCUT2D eigenvalue weighted by molar-refractivity contribution is 0.669. The summed E-state index contributed by atoms with van der Waals surface area (Å²) in [5.74, 6) is 2.98. The number of aromatic nitrogens is 13. The summed E-state index contributed by atoms with van der Waals surface area (Å²) in [5, 5.41) is 20.2. The molecule has 0 radical (unpaired) electrons. The molecule has 14 nitrogen and oxygen atoms in total. The van der Waals surface area contributed by atoms with Crippen molar-refractivity contribution in [3.05, 3.63) is 408 Å². The van der Waals surface area contributed by atoms with E-state index in [4.69, 9.17) is 4.42 Å². The SMILES string of the molecule is c1ccc(-c2ccc3c(c2)c2c4c(ccc2n3-c2ncccn2)sc2ccccc24)cc1.c1ccc(-n2c3ccc(-c4ccc(-c5ncncn5)cc4)cc3c3c4c(ccc32)sc2ccccc24)cc1.c1ccc(-n2c3ccc(-c4ncncn4)cc3c3c4c(ccc32)sc2ccccc24)cc1.c1ccc(-n2c3ccccc3c3c4c(ccc32)oc2ccccc24)nc1. The second kappa shape index (κ2) is 30.7. The molecule has 17 heteroatoms. The summed E-state index contributed by atoms with van der Waals surface area (Å²) in [6, 6.07) is 129. The number of pyridine rings is 1. The lowest BCUT2D eigenvalue weighted by Gasteiger charge is -2.08. The number of fused-ring (bicyclic) bond motifs is 28. The third-order valence-corrected chi connectivity index (χ3v) is 27.9. The van der Waals surface area contributed by atoms with Crippen LogP contribution >= 0.6 is 34.0 Å². The monoisotopic (exact) mass is 1690 g/mol. The van der Waals surface area contributed by atoms with E-state index in [1.165, 1.54) is 166 Å². The highest BCUT2D eigenvalue weighted by Gasteiger charge is 2.25. The molecule has 12 aromatic heterocycles. The molecule has 0 spiro atoms. The first kappa shape index (κ1) is 74.1. The second-order valence-corrected chi connectivity index (χ2v) is 34.8. The number of hydrogen-bond donors (Lipinski definition) is 0. The van der Waals surface area contributed by atoms with Gasteiger partial charge in [-0.1, -0.05) is 200 Å². The Labute approximate surface area is 741 Å². The third kappa shape index (κ3) is 12.3. The van der Waals surface area contributed by atoms with Crippen LogP contribution in [0.2, 0.25) is 0 Å². The molecule has 0 saturated heterocycles. The zero-order valence-electron chi connectivity index (χ0n) is 68.1. The second-order valence-electron chi connectivity index (χ2n) is 31.6. The Balaban J connectivity index is 0.0000000933. The average molecular weight is 1700 g/mol. The molecule has 0 aliphatic carbocycles. The van der Waals surface area contributed by atoms with Crippen LogP contribution in [-0.4, -0.2) is 63.1 Å². The quantitative estimate of drug-likeness (QED) is 0.144. The van der Waals surface area contributed by atoms with E-state index in [-0.39, 0.29) is 0 Å². The molecule has 600 valence electrons. The van der Waals surface area contributed by atoms with Crippen molar-refractivity contribution >= 4 is 204 Å². The van der Waals surface area contributed by atoms with Crippen LogP contribution in [0.4, 0.5) is 0 Å². The molecule has 128 heavy (non-hydrogen) atoms. The van der Waals surface area contributed by atoms with Gasteiger partial charge < -0.3 is 13.6 Å². The minimum atomic E-state index is 0.680. The minimum Gasteiger partial charge on any atom is -0.456 e. The molecule has 16 aromatic carbocycles. The lowest BCUT2D eigenvalue weighted by Crippen LogP contribution is -1.99. The van der Waals surface area contributed by atoms with E-state index in [1.807, 2.05) is 76.6 Å². The average Bonchev–Trinajstić information content (AvgIpc) is 1.57. The Hall–Kier alpha value is -16.6. The van der Waals surface area contributed by atoms with E-state index in [2.05, 4.69) is 391 Å². The summed E-state index contributed by atoms with van der Waals surface area (Å²) < 4.78 is 23.1. The number of thiophene rings is 3. The summed E-state index contributed by atoms with van der Waals surface area (Å²) >= 11 is 5.56. The van der Waals surface area contributed by atoms with Gasteiger partial charge in [-0.15, -0.1) is 34.0 Å². The number of furan rings is 1. The topological polar surface area (TPSA) is 149 Å².